The maximum Gasteiger partial charge on any atom is 0.341 e. The summed E-state index contributed by atoms with van der Waals surface area (Å²) in [5.74, 6) is -0.782. The molecule has 0 fully saturated rings. The highest BCUT2D eigenvalue weighted by Crippen LogP contribution is 2.13. The third-order valence-corrected chi connectivity index (χ3v) is 5.03. The van der Waals surface area contributed by atoms with E-state index in [0.29, 0.717) is 11.4 Å². The zero-order valence-electron chi connectivity index (χ0n) is 18.4. The summed E-state index contributed by atoms with van der Waals surface area (Å²) in [6.07, 6.45) is 0.687. The summed E-state index contributed by atoms with van der Waals surface area (Å²) in [6, 6.07) is 15.4. The van der Waals surface area contributed by atoms with Gasteiger partial charge >= 0.3 is 5.97 Å². The molecule has 1 unspecified atom stereocenters. The fraction of sp³-hybridized carbons (Fsp3) is 0.208. The van der Waals surface area contributed by atoms with Crippen molar-refractivity contribution in [3.8, 4) is 5.75 Å². The number of fused-ring (bicyclic) bond motifs is 2. The number of aromatic nitrogens is 3. The number of pyridine rings is 2. The zero-order valence-corrected chi connectivity index (χ0v) is 18.4. The second kappa shape index (κ2) is 9.07. The van der Waals surface area contributed by atoms with E-state index in [1.54, 1.807) is 69.6 Å². The molecule has 0 aliphatic rings. The highest BCUT2D eigenvalue weighted by molar-refractivity contribution is 5.94. The van der Waals surface area contributed by atoms with Crippen LogP contribution >= 0.6 is 0 Å². The van der Waals surface area contributed by atoms with Gasteiger partial charge in [-0.05, 0) is 44.2 Å². The van der Waals surface area contributed by atoms with E-state index < -0.39 is 18.0 Å². The predicted octanol–water partition coefficient (Wildman–Crippen LogP) is 2.26. The van der Waals surface area contributed by atoms with Crippen LogP contribution in [0.3, 0.4) is 0 Å². The van der Waals surface area contributed by atoms with E-state index in [9.17, 15) is 14.4 Å². The first-order chi connectivity index (χ1) is 15.9. The quantitative estimate of drug-likeness (QED) is 0.344. The van der Waals surface area contributed by atoms with Gasteiger partial charge in [0, 0.05) is 13.2 Å². The lowest BCUT2D eigenvalue weighted by Crippen LogP contribution is -2.33. The molecule has 3 aromatic heterocycles. The molecule has 0 saturated carbocycles. The van der Waals surface area contributed by atoms with Gasteiger partial charge in [0.2, 0.25) is 0 Å². The number of ether oxygens (including phenoxy) is 2. The Balaban J connectivity index is 1.91. The number of nitrogens with zero attached hydrogens (tertiary/aromatic N) is 4. The SMILES string of the molecule is CCOC(=O)c1cc2c(=O)n3ccccc3nc2n(C)c1=NC(=O)C(C)Oc1ccccc1. The average Bonchev–Trinajstić information content (AvgIpc) is 2.82. The first kappa shape index (κ1) is 21.9. The third kappa shape index (κ3) is 4.25. The van der Waals surface area contributed by atoms with Gasteiger partial charge in [-0.3, -0.25) is 14.0 Å². The molecular weight excluding hydrogens is 424 g/mol. The van der Waals surface area contributed by atoms with Crippen molar-refractivity contribution in [3.05, 3.63) is 82.2 Å². The Labute approximate surface area is 188 Å². The molecule has 0 bridgehead atoms. The minimum absolute atomic E-state index is 0.0121. The monoisotopic (exact) mass is 446 g/mol. The minimum atomic E-state index is -0.909. The van der Waals surface area contributed by atoms with Crippen LogP contribution in [0, 0.1) is 0 Å². The Bertz CT molecular complexity index is 1490. The molecule has 9 nitrogen and oxygen atoms in total. The number of aryl methyl sites for hydroxylation is 1. The molecule has 1 amide bonds. The van der Waals surface area contributed by atoms with Crippen LogP contribution in [-0.4, -0.2) is 38.5 Å². The van der Waals surface area contributed by atoms with Crippen LogP contribution in [0.2, 0.25) is 0 Å². The van der Waals surface area contributed by atoms with Crippen LogP contribution in [-0.2, 0) is 16.6 Å². The number of hydrogen-bond acceptors (Lipinski definition) is 6. The van der Waals surface area contributed by atoms with Crippen molar-refractivity contribution in [2.45, 2.75) is 20.0 Å². The molecule has 0 spiro atoms. The van der Waals surface area contributed by atoms with Gasteiger partial charge in [0.25, 0.3) is 11.5 Å². The molecular formula is C24H22N4O5. The molecule has 0 radical (unpaired) electrons. The number of benzene rings is 1. The van der Waals surface area contributed by atoms with E-state index in [-0.39, 0.29) is 34.3 Å². The number of rotatable bonds is 5. The van der Waals surface area contributed by atoms with Gasteiger partial charge in [-0.1, -0.05) is 24.3 Å². The Morgan fingerprint density at radius 2 is 1.85 bits per heavy atom. The van der Waals surface area contributed by atoms with Crippen LogP contribution in [0.15, 0.2) is 70.6 Å². The largest absolute Gasteiger partial charge is 0.481 e. The van der Waals surface area contributed by atoms with E-state index in [1.807, 2.05) is 6.07 Å². The summed E-state index contributed by atoms with van der Waals surface area (Å²) < 4.78 is 13.6. The number of esters is 1. The van der Waals surface area contributed by atoms with Crippen LogP contribution < -0.4 is 15.8 Å². The molecule has 9 heteroatoms. The molecule has 0 aliphatic carbocycles. The Morgan fingerprint density at radius 1 is 1.12 bits per heavy atom. The first-order valence-corrected chi connectivity index (χ1v) is 10.4. The number of para-hydroxylation sites is 1. The molecule has 4 rings (SSSR count). The van der Waals surface area contributed by atoms with Crippen molar-refractivity contribution in [3.63, 3.8) is 0 Å². The fourth-order valence-electron chi connectivity index (χ4n) is 3.41. The van der Waals surface area contributed by atoms with Gasteiger partial charge in [-0.15, -0.1) is 0 Å². The first-order valence-electron chi connectivity index (χ1n) is 10.4. The summed E-state index contributed by atoms with van der Waals surface area (Å²) in [4.78, 5) is 47.3. The molecule has 0 aliphatic heterocycles. The number of amides is 1. The van der Waals surface area contributed by atoms with Gasteiger partial charge in [0.1, 0.15) is 22.6 Å². The normalized spacial score (nSPS) is 12.6. The van der Waals surface area contributed by atoms with E-state index >= 15 is 0 Å². The van der Waals surface area contributed by atoms with E-state index in [4.69, 9.17) is 9.47 Å². The van der Waals surface area contributed by atoms with Crippen molar-refractivity contribution in [1.82, 2.24) is 14.0 Å². The molecule has 168 valence electrons. The Kier molecular flexibility index (Phi) is 6.03. The number of carbonyl (C=O) groups is 2. The molecule has 1 atom stereocenters. The van der Waals surface area contributed by atoms with Gasteiger partial charge < -0.3 is 14.0 Å². The van der Waals surface area contributed by atoms with Gasteiger partial charge in [-0.2, -0.15) is 4.99 Å². The number of carbonyl (C=O) groups excluding carboxylic acids is 2. The second-order valence-corrected chi connectivity index (χ2v) is 7.27. The summed E-state index contributed by atoms with van der Waals surface area (Å²) in [5.41, 5.74) is 0.369. The lowest BCUT2D eigenvalue weighted by Gasteiger charge is -2.13. The maximum atomic E-state index is 13.1. The van der Waals surface area contributed by atoms with Crippen LogP contribution in [0.1, 0.15) is 24.2 Å². The van der Waals surface area contributed by atoms with Crippen molar-refractivity contribution in [1.29, 1.82) is 0 Å². The molecule has 0 N–H and O–H groups in total. The predicted molar refractivity (Wildman–Crippen MR) is 121 cm³/mol. The molecule has 0 saturated heterocycles. The number of hydrogen-bond donors (Lipinski definition) is 0. The van der Waals surface area contributed by atoms with Crippen LogP contribution in [0.25, 0.3) is 16.7 Å². The standard InChI is InChI=1S/C24H22N4O5/c1-4-32-24(31)18-14-17-20(25-19-12-8-9-13-28(19)23(17)30)27(3)21(18)26-22(29)15(2)33-16-10-6-5-7-11-16/h5-15H,4H2,1-3H3. The van der Waals surface area contributed by atoms with Crippen LogP contribution in [0.5, 0.6) is 5.75 Å². The van der Waals surface area contributed by atoms with E-state index in [0.717, 1.165) is 0 Å². The van der Waals surface area contributed by atoms with Crippen molar-refractivity contribution >= 4 is 28.6 Å². The summed E-state index contributed by atoms with van der Waals surface area (Å²) in [7, 11) is 1.59. The van der Waals surface area contributed by atoms with Crippen molar-refractivity contribution < 1.29 is 19.1 Å². The Hall–Kier alpha value is -4.27. The van der Waals surface area contributed by atoms with Gasteiger partial charge in [0.05, 0.1) is 12.0 Å². The van der Waals surface area contributed by atoms with Crippen LogP contribution in [0.4, 0.5) is 0 Å². The van der Waals surface area contributed by atoms with Gasteiger partial charge in [0.15, 0.2) is 11.6 Å². The topological polar surface area (TPSA) is 104 Å². The molecule has 33 heavy (non-hydrogen) atoms. The molecule has 4 aromatic rings. The molecule has 3 heterocycles. The summed E-state index contributed by atoms with van der Waals surface area (Å²) in [5, 5.41) is 0.198. The van der Waals surface area contributed by atoms with E-state index in [2.05, 4.69) is 9.98 Å². The lowest BCUT2D eigenvalue weighted by atomic mass is 10.2. The highest BCUT2D eigenvalue weighted by Gasteiger charge is 2.20. The van der Waals surface area contributed by atoms with Crippen molar-refractivity contribution in [2.24, 2.45) is 12.0 Å². The third-order valence-electron chi connectivity index (χ3n) is 5.03. The minimum Gasteiger partial charge on any atom is -0.481 e. The zero-order chi connectivity index (χ0) is 23.5. The fourth-order valence-corrected chi connectivity index (χ4v) is 3.41. The second-order valence-electron chi connectivity index (χ2n) is 7.27. The average molecular weight is 446 g/mol. The molecule has 1 aromatic carbocycles. The summed E-state index contributed by atoms with van der Waals surface area (Å²) in [6.45, 7) is 3.36. The smallest absolute Gasteiger partial charge is 0.341 e. The lowest BCUT2D eigenvalue weighted by molar-refractivity contribution is -0.124. The Morgan fingerprint density at radius 3 is 2.58 bits per heavy atom. The maximum absolute atomic E-state index is 13.1. The van der Waals surface area contributed by atoms with E-state index in [1.165, 1.54) is 15.0 Å². The summed E-state index contributed by atoms with van der Waals surface area (Å²) >= 11 is 0. The highest BCUT2D eigenvalue weighted by atomic mass is 16.5. The van der Waals surface area contributed by atoms with Gasteiger partial charge in [-0.25, -0.2) is 9.78 Å². The van der Waals surface area contributed by atoms with Crippen molar-refractivity contribution in [2.75, 3.05) is 6.61 Å².